The zero-order valence-corrected chi connectivity index (χ0v) is 15.0. The average Bonchev–Trinajstić information content (AvgIpc) is 3.24. The highest BCUT2D eigenvalue weighted by molar-refractivity contribution is 7.89. The second kappa shape index (κ2) is 5.77. The van der Waals surface area contributed by atoms with Crippen LogP contribution in [-0.2, 0) is 15.4 Å². The lowest BCUT2D eigenvalue weighted by atomic mass is 10.0. The van der Waals surface area contributed by atoms with E-state index in [9.17, 15) is 8.42 Å². The Morgan fingerprint density at radius 3 is 2.75 bits per heavy atom. The predicted octanol–water partition coefficient (Wildman–Crippen LogP) is 3.35. The molecule has 0 bridgehead atoms. The third-order valence-corrected chi connectivity index (χ3v) is 7.04. The second-order valence-electron chi connectivity index (χ2n) is 5.90. The van der Waals surface area contributed by atoms with Crippen LogP contribution in [0.5, 0.6) is 0 Å². The van der Waals surface area contributed by atoms with Gasteiger partial charge in [-0.2, -0.15) is 0 Å². The van der Waals surface area contributed by atoms with Gasteiger partial charge in [0.25, 0.3) is 0 Å². The lowest BCUT2D eigenvalue weighted by Crippen LogP contribution is -2.33. The van der Waals surface area contributed by atoms with Crippen molar-refractivity contribution in [1.29, 1.82) is 0 Å². The normalized spacial score (nSPS) is 16.4. The van der Waals surface area contributed by atoms with E-state index in [2.05, 4.69) is 14.7 Å². The number of pyridine rings is 1. The highest BCUT2D eigenvalue weighted by Crippen LogP contribution is 2.47. The molecule has 1 fully saturated rings. The maximum Gasteiger partial charge on any atom is 0.244 e. The number of sulfonamides is 1. The Labute approximate surface area is 148 Å². The summed E-state index contributed by atoms with van der Waals surface area (Å²) < 4.78 is 29.1. The summed E-state index contributed by atoms with van der Waals surface area (Å²) in [4.78, 5) is 8.60. The molecule has 1 N–H and O–H groups in total. The third-order valence-electron chi connectivity index (χ3n) is 4.34. The van der Waals surface area contributed by atoms with E-state index in [1.165, 1.54) is 11.3 Å². The van der Waals surface area contributed by atoms with Gasteiger partial charge < -0.3 is 0 Å². The molecule has 2 heterocycles. The predicted molar refractivity (Wildman–Crippen MR) is 95.0 cm³/mol. The average molecular weight is 380 g/mol. The summed E-state index contributed by atoms with van der Waals surface area (Å²) in [5.74, 6) is 0. The van der Waals surface area contributed by atoms with E-state index in [1.54, 1.807) is 23.8 Å². The van der Waals surface area contributed by atoms with E-state index in [4.69, 9.17) is 11.6 Å². The van der Waals surface area contributed by atoms with Crippen molar-refractivity contribution in [1.82, 2.24) is 14.7 Å². The van der Waals surface area contributed by atoms with Gasteiger partial charge in [-0.15, -0.1) is 11.3 Å². The monoisotopic (exact) mass is 379 g/mol. The summed E-state index contributed by atoms with van der Waals surface area (Å²) in [5, 5.41) is 0.184. The molecule has 1 saturated carbocycles. The summed E-state index contributed by atoms with van der Waals surface area (Å²) in [6, 6.07) is 9.10. The molecule has 8 heteroatoms. The van der Waals surface area contributed by atoms with Gasteiger partial charge in [0, 0.05) is 23.9 Å². The van der Waals surface area contributed by atoms with Crippen LogP contribution in [-0.4, -0.2) is 24.9 Å². The van der Waals surface area contributed by atoms with Crippen LogP contribution in [0.25, 0.3) is 10.2 Å². The van der Waals surface area contributed by atoms with E-state index in [0.29, 0.717) is 12.1 Å². The minimum Gasteiger partial charge on any atom is -0.261 e. The SMILES string of the molecule is O=S(=O)(NCC1(c2ccccn2)CC1)c1c(Cl)ccc2scnc12. The number of aromatic nitrogens is 2. The van der Waals surface area contributed by atoms with E-state index >= 15 is 0 Å². The molecule has 4 rings (SSSR count). The Morgan fingerprint density at radius 1 is 1.21 bits per heavy atom. The summed E-state index contributed by atoms with van der Waals surface area (Å²) in [6.07, 6.45) is 3.57. The molecule has 0 amide bonds. The minimum absolute atomic E-state index is 0.0553. The number of benzene rings is 1. The number of rotatable bonds is 5. The molecule has 124 valence electrons. The molecular weight excluding hydrogens is 366 g/mol. The van der Waals surface area contributed by atoms with E-state index in [1.807, 2.05) is 18.2 Å². The number of halogens is 1. The Kier molecular flexibility index (Phi) is 3.84. The van der Waals surface area contributed by atoms with Gasteiger partial charge in [0.1, 0.15) is 10.4 Å². The van der Waals surface area contributed by atoms with Crippen molar-refractivity contribution in [2.45, 2.75) is 23.2 Å². The number of nitrogens with one attached hydrogen (secondary N) is 1. The fourth-order valence-corrected chi connectivity index (χ4v) is 5.35. The lowest BCUT2D eigenvalue weighted by molar-refractivity contribution is 0.564. The molecule has 0 saturated heterocycles. The molecule has 0 spiro atoms. The molecule has 0 unspecified atom stereocenters. The number of fused-ring (bicyclic) bond motifs is 1. The maximum atomic E-state index is 12.8. The number of hydrogen-bond acceptors (Lipinski definition) is 5. The third kappa shape index (κ3) is 2.71. The number of thiazole rings is 1. The van der Waals surface area contributed by atoms with Crippen molar-refractivity contribution in [2.75, 3.05) is 6.54 Å². The number of hydrogen-bond donors (Lipinski definition) is 1. The van der Waals surface area contributed by atoms with Crippen LogP contribution in [0.2, 0.25) is 5.02 Å². The van der Waals surface area contributed by atoms with Crippen LogP contribution >= 0.6 is 22.9 Å². The molecule has 0 atom stereocenters. The Hall–Kier alpha value is -1.54. The molecule has 24 heavy (non-hydrogen) atoms. The largest absolute Gasteiger partial charge is 0.261 e. The van der Waals surface area contributed by atoms with Crippen molar-refractivity contribution in [3.63, 3.8) is 0 Å². The molecule has 1 aliphatic carbocycles. The van der Waals surface area contributed by atoms with Crippen molar-refractivity contribution >= 4 is 43.2 Å². The van der Waals surface area contributed by atoms with E-state index < -0.39 is 10.0 Å². The van der Waals surface area contributed by atoms with Crippen LogP contribution < -0.4 is 4.72 Å². The molecule has 0 aliphatic heterocycles. The van der Waals surface area contributed by atoms with Gasteiger partial charge in [-0.05, 0) is 37.1 Å². The van der Waals surface area contributed by atoms with Gasteiger partial charge in [0.05, 0.1) is 15.2 Å². The smallest absolute Gasteiger partial charge is 0.244 e. The first-order valence-electron chi connectivity index (χ1n) is 7.45. The first kappa shape index (κ1) is 16.0. The highest BCUT2D eigenvalue weighted by atomic mass is 35.5. The molecule has 0 radical (unpaired) electrons. The molecule has 1 aliphatic rings. The van der Waals surface area contributed by atoms with Crippen molar-refractivity contribution < 1.29 is 8.42 Å². The van der Waals surface area contributed by atoms with Gasteiger partial charge in [-0.3, -0.25) is 4.98 Å². The van der Waals surface area contributed by atoms with Gasteiger partial charge in [-0.1, -0.05) is 17.7 Å². The molecule has 3 aromatic rings. The highest BCUT2D eigenvalue weighted by Gasteiger charge is 2.46. The fraction of sp³-hybridized carbons (Fsp3) is 0.250. The standard InChI is InChI=1S/C16H14ClN3O2S2/c17-11-4-5-12-14(19-10-23-12)15(11)24(21,22)20-9-16(6-7-16)13-3-1-2-8-18-13/h1-5,8,10,20H,6-7,9H2. The van der Waals surface area contributed by atoms with Gasteiger partial charge in [0.15, 0.2) is 0 Å². The zero-order valence-electron chi connectivity index (χ0n) is 12.6. The first-order valence-corrected chi connectivity index (χ1v) is 10.2. The molecule has 1 aromatic carbocycles. The minimum atomic E-state index is -3.75. The van der Waals surface area contributed by atoms with Crippen LogP contribution in [0, 0.1) is 0 Å². The molecule has 5 nitrogen and oxygen atoms in total. The van der Waals surface area contributed by atoms with Crippen molar-refractivity contribution in [3.8, 4) is 0 Å². The Morgan fingerprint density at radius 2 is 2.04 bits per heavy atom. The topological polar surface area (TPSA) is 72.0 Å². The van der Waals surface area contributed by atoms with E-state index in [-0.39, 0.29) is 15.3 Å². The molecular formula is C16H14ClN3O2S2. The van der Waals surface area contributed by atoms with Crippen LogP contribution in [0.15, 0.2) is 46.9 Å². The van der Waals surface area contributed by atoms with Crippen LogP contribution in [0.4, 0.5) is 0 Å². The van der Waals surface area contributed by atoms with E-state index in [0.717, 1.165) is 23.2 Å². The summed E-state index contributed by atoms with van der Waals surface area (Å²) in [5.41, 5.74) is 2.75. The fourth-order valence-electron chi connectivity index (χ4n) is 2.79. The van der Waals surface area contributed by atoms with Crippen molar-refractivity contribution in [3.05, 3.63) is 52.8 Å². The lowest BCUT2D eigenvalue weighted by Gasteiger charge is -2.16. The quantitative estimate of drug-likeness (QED) is 0.737. The van der Waals surface area contributed by atoms with Crippen LogP contribution in [0.1, 0.15) is 18.5 Å². The van der Waals surface area contributed by atoms with Crippen LogP contribution in [0.3, 0.4) is 0 Å². The first-order chi connectivity index (χ1) is 11.5. The van der Waals surface area contributed by atoms with Gasteiger partial charge >= 0.3 is 0 Å². The van der Waals surface area contributed by atoms with Crippen molar-refractivity contribution in [2.24, 2.45) is 0 Å². The van der Waals surface area contributed by atoms with Gasteiger partial charge in [0.2, 0.25) is 10.0 Å². The number of nitrogens with zero attached hydrogens (tertiary/aromatic N) is 2. The molecule has 2 aromatic heterocycles. The maximum absolute atomic E-state index is 12.8. The second-order valence-corrected chi connectivity index (χ2v) is 8.89. The Bertz CT molecular complexity index is 999. The summed E-state index contributed by atoms with van der Waals surface area (Å²) in [7, 11) is -3.75. The zero-order chi connectivity index (χ0) is 16.8. The Balaban J connectivity index is 1.65. The summed E-state index contributed by atoms with van der Waals surface area (Å²) in [6.45, 7) is 0.309. The van der Waals surface area contributed by atoms with Gasteiger partial charge in [-0.25, -0.2) is 18.1 Å². The summed E-state index contributed by atoms with van der Waals surface area (Å²) >= 11 is 7.55.